The number of benzene rings is 2. The number of aromatic nitrogens is 4. The first-order chi connectivity index (χ1) is 12.9. The number of carbonyl (C=O) groups is 2. The second-order valence-electron chi connectivity index (χ2n) is 5.54. The van der Waals surface area contributed by atoms with E-state index in [9.17, 15) is 9.59 Å². The van der Waals surface area contributed by atoms with E-state index in [1.807, 2.05) is 18.2 Å². The summed E-state index contributed by atoms with van der Waals surface area (Å²) in [6.07, 6.45) is 0. The quantitative estimate of drug-likeness (QED) is 0.347. The van der Waals surface area contributed by atoms with E-state index in [1.165, 1.54) is 4.68 Å². The number of para-hydroxylation sites is 1. The molecule has 0 saturated carbocycles. The molecule has 11 heteroatoms. The normalized spacial score (nSPS) is 13.4. The molecule has 0 aliphatic carbocycles. The zero-order valence-corrected chi connectivity index (χ0v) is 16.2. The predicted octanol–water partition coefficient (Wildman–Crippen LogP) is 4.07. The second-order valence-corrected chi connectivity index (χ2v) is 7.06. The SMILES string of the molecule is O=C1c2c(Cl)c(Cl)c(Cl)c(Cl)c2C(=O)N1Cc1nnnn1-c1ccccc1. The van der Waals surface area contributed by atoms with Gasteiger partial charge in [0.05, 0.1) is 43.4 Å². The minimum absolute atomic E-state index is 0.0835. The van der Waals surface area contributed by atoms with Gasteiger partial charge in [0.25, 0.3) is 11.8 Å². The highest BCUT2D eigenvalue weighted by atomic mass is 35.5. The van der Waals surface area contributed by atoms with Gasteiger partial charge in [0, 0.05) is 0 Å². The summed E-state index contributed by atoms with van der Waals surface area (Å²) in [6, 6.07) is 9.04. The van der Waals surface area contributed by atoms with Gasteiger partial charge >= 0.3 is 0 Å². The first kappa shape index (κ1) is 18.2. The van der Waals surface area contributed by atoms with E-state index < -0.39 is 11.8 Å². The second kappa shape index (κ2) is 6.76. The molecule has 3 aromatic rings. The molecule has 1 aliphatic heterocycles. The van der Waals surface area contributed by atoms with Crippen LogP contribution in [0.15, 0.2) is 30.3 Å². The number of nitrogens with zero attached hydrogens (tertiary/aromatic N) is 5. The summed E-state index contributed by atoms with van der Waals surface area (Å²) < 4.78 is 1.42. The van der Waals surface area contributed by atoms with Crippen molar-refractivity contribution in [3.05, 3.63) is 67.4 Å². The van der Waals surface area contributed by atoms with Crippen LogP contribution in [0.25, 0.3) is 5.69 Å². The molecule has 1 aromatic heterocycles. The lowest BCUT2D eigenvalue weighted by atomic mass is 10.1. The molecule has 2 aromatic carbocycles. The molecule has 0 atom stereocenters. The van der Waals surface area contributed by atoms with Gasteiger partial charge in [-0.25, -0.2) is 0 Å². The van der Waals surface area contributed by atoms with Crippen molar-refractivity contribution in [2.45, 2.75) is 6.54 Å². The van der Waals surface area contributed by atoms with Crippen molar-refractivity contribution >= 4 is 58.2 Å². The molecule has 0 spiro atoms. The lowest BCUT2D eigenvalue weighted by Gasteiger charge is -2.13. The fourth-order valence-electron chi connectivity index (χ4n) is 2.75. The molecule has 4 rings (SSSR count). The summed E-state index contributed by atoms with van der Waals surface area (Å²) in [5.74, 6) is -1.02. The van der Waals surface area contributed by atoms with Gasteiger partial charge in [0.1, 0.15) is 0 Å². The van der Waals surface area contributed by atoms with E-state index in [0.29, 0.717) is 5.69 Å². The molecular weight excluding hydrogens is 436 g/mol. The lowest BCUT2D eigenvalue weighted by molar-refractivity contribution is 0.0637. The zero-order valence-electron chi connectivity index (χ0n) is 13.2. The van der Waals surface area contributed by atoms with Crippen LogP contribution in [0, 0.1) is 0 Å². The number of halogens is 4. The number of rotatable bonds is 3. The Bertz CT molecular complexity index is 1050. The molecule has 2 amide bonds. The molecule has 136 valence electrons. The minimum atomic E-state index is -0.650. The maximum Gasteiger partial charge on any atom is 0.263 e. The van der Waals surface area contributed by atoms with Crippen LogP contribution in [0.1, 0.15) is 26.5 Å². The number of hydrogen-bond donors (Lipinski definition) is 0. The first-order valence-corrected chi connectivity index (χ1v) is 8.97. The standard InChI is InChI=1S/C16H7Cl4N5O2/c17-11-9-10(12(18)14(20)13(11)19)16(27)24(15(9)26)6-8-21-22-23-25(8)7-4-2-1-3-5-7/h1-5H,6H2. The van der Waals surface area contributed by atoms with Crippen molar-refractivity contribution in [1.29, 1.82) is 0 Å². The Morgan fingerprint density at radius 2 is 1.37 bits per heavy atom. The van der Waals surface area contributed by atoms with Gasteiger partial charge in [-0.05, 0) is 22.6 Å². The summed E-state index contributed by atoms with van der Waals surface area (Å²) in [5, 5.41) is 11.0. The fraction of sp³-hybridized carbons (Fsp3) is 0.0625. The third-order valence-electron chi connectivity index (χ3n) is 4.02. The van der Waals surface area contributed by atoms with Gasteiger partial charge < -0.3 is 0 Å². The molecule has 27 heavy (non-hydrogen) atoms. The van der Waals surface area contributed by atoms with Gasteiger partial charge in [-0.3, -0.25) is 14.5 Å². The number of tetrazole rings is 1. The average Bonchev–Trinajstić information content (AvgIpc) is 3.23. The number of amides is 2. The van der Waals surface area contributed by atoms with Crippen LogP contribution in [-0.2, 0) is 6.54 Å². The summed E-state index contributed by atoms with van der Waals surface area (Å²) in [4.78, 5) is 26.5. The predicted molar refractivity (Wildman–Crippen MR) is 99.8 cm³/mol. The molecule has 7 nitrogen and oxygen atoms in total. The fourth-order valence-corrected chi connectivity index (χ4v) is 3.77. The highest BCUT2D eigenvalue weighted by Crippen LogP contribution is 2.45. The first-order valence-electron chi connectivity index (χ1n) is 7.46. The van der Waals surface area contributed by atoms with E-state index in [0.717, 1.165) is 4.90 Å². The van der Waals surface area contributed by atoms with Crippen LogP contribution in [0.4, 0.5) is 0 Å². The smallest absolute Gasteiger partial charge is 0.263 e. The zero-order chi connectivity index (χ0) is 19.3. The Balaban J connectivity index is 1.75. The lowest BCUT2D eigenvalue weighted by Crippen LogP contribution is -2.30. The van der Waals surface area contributed by atoms with Crippen LogP contribution >= 0.6 is 46.4 Å². The Labute approximate surface area is 172 Å². The molecule has 0 bridgehead atoms. The van der Waals surface area contributed by atoms with Crippen molar-refractivity contribution in [1.82, 2.24) is 25.1 Å². The molecule has 0 saturated heterocycles. The Morgan fingerprint density at radius 3 is 1.93 bits per heavy atom. The van der Waals surface area contributed by atoms with Gasteiger partial charge in [0.2, 0.25) is 0 Å². The maximum atomic E-state index is 12.8. The molecule has 2 heterocycles. The van der Waals surface area contributed by atoms with Crippen molar-refractivity contribution in [3.8, 4) is 5.69 Å². The van der Waals surface area contributed by atoms with E-state index in [2.05, 4.69) is 15.5 Å². The topological polar surface area (TPSA) is 81.0 Å². The number of fused-ring (bicyclic) bond motifs is 1. The van der Waals surface area contributed by atoms with Crippen LogP contribution in [0.2, 0.25) is 20.1 Å². The van der Waals surface area contributed by atoms with Crippen molar-refractivity contribution in [2.24, 2.45) is 0 Å². The Hall–Kier alpha value is -2.19. The Morgan fingerprint density at radius 1 is 0.815 bits per heavy atom. The maximum absolute atomic E-state index is 12.8. The van der Waals surface area contributed by atoms with Crippen molar-refractivity contribution < 1.29 is 9.59 Å². The molecular formula is C16H7Cl4N5O2. The van der Waals surface area contributed by atoms with E-state index in [1.54, 1.807) is 12.1 Å². The molecule has 0 fully saturated rings. The van der Waals surface area contributed by atoms with Crippen LogP contribution < -0.4 is 0 Å². The van der Waals surface area contributed by atoms with Gasteiger partial charge in [-0.1, -0.05) is 64.6 Å². The summed E-state index contributed by atoms with van der Waals surface area (Å²) in [7, 11) is 0. The Kier molecular flexibility index (Phi) is 4.55. The summed E-state index contributed by atoms with van der Waals surface area (Å²) >= 11 is 24.3. The molecule has 0 radical (unpaired) electrons. The van der Waals surface area contributed by atoms with Crippen LogP contribution in [0.3, 0.4) is 0 Å². The molecule has 1 aliphatic rings. The number of hydrogen-bond acceptors (Lipinski definition) is 5. The third kappa shape index (κ3) is 2.78. The van der Waals surface area contributed by atoms with E-state index in [4.69, 9.17) is 46.4 Å². The summed E-state index contributed by atoms with van der Waals surface area (Å²) in [5.41, 5.74) is 0.510. The van der Waals surface area contributed by atoms with Gasteiger partial charge in [-0.15, -0.1) is 5.10 Å². The monoisotopic (exact) mass is 441 g/mol. The van der Waals surface area contributed by atoms with E-state index >= 15 is 0 Å². The van der Waals surface area contributed by atoms with Gasteiger partial charge in [0.15, 0.2) is 5.82 Å². The highest BCUT2D eigenvalue weighted by molar-refractivity contribution is 6.55. The number of carbonyl (C=O) groups excluding carboxylic acids is 2. The van der Waals surface area contributed by atoms with Crippen molar-refractivity contribution in [3.63, 3.8) is 0 Å². The molecule has 0 unspecified atom stereocenters. The van der Waals surface area contributed by atoms with Crippen LogP contribution in [0.5, 0.6) is 0 Å². The van der Waals surface area contributed by atoms with E-state index in [-0.39, 0.29) is 43.6 Å². The van der Waals surface area contributed by atoms with Crippen molar-refractivity contribution in [2.75, 3.05) is 0 Å². The highest BCUT2D eigenvalue weighted by Gasteiger charge is 2.42. The third-order valence-corrected chi connectivity index (χ3v) is 5.82. The minimum Gasteiger partial charge on any atom is -0.268 e. The van der Waals surface area contributed by atoms with Gasteiger partial charge in [-0.2, -0.15) is 4.68 Å². The number of imide groups is 1. The molecule has 0 N–H and O–H groups in total. The largest absolute Gasteiger partial charge is 0.268 e. The van der Waals surface area contributed by atoms with Crippen LogP contribution in [-0.4, -0.2) is 36.9 Å². The summed E-state index contributed by atoms with van der Waals surface area (Å²) in [6.45, 7) is -0.184. The average molecular weight is 443 g/mol.